The Bertz CT molecular complexity index is 1530. The molecular weight excluding hydrogens is 470 g/mol. The van der Waals surface area contributed by atoms with E-state index in [4.69, 9.17) is 8.94 Å². The Kier molecular flexibility index (Phi) is 5.65. The summed E-state index contributed by atoms with van der Waals surface area (Å²) in [6, 6.07) is 25.1. The molecule has 37 heavy (non-hydrogen) atoms. The van der Waals surface area contributed by atoms with E-state index in [1.54, 1.807) is 0 Å². The van der Waals surface area contributed by atoms with Gasteiger partial charge in [-0.15, -0.1) is 10.2 Å². The van der Waals surface area contributed by atoms with Crippen LogP contribution < -0.4 is 0 Å². The smallest absolute Gasteiger partial charge is 0.314 e. The molecule has 3 aromatic carbocycles. The molecule has 6 rings (SSSR count). The summed E-state index contributed by atoms with van der Waals surface area (Å²) in [5.74, 6) is 0.128. The molecule has 1 atom stereocenters. The zero-order chi connectivity index (χ0) is 25.4. The van der Waals surface area contributed by atoms with Crippen molar-refractivity contribution in [3.05, 3.63) is 114 Å². The number of rotatable bonds is 8. The Morgan fingerprint density at radius 2 is 1.54 bits per heavy atom. The van der Waals surface area contributed by atoms with Gasteiger partial charge < -0.3 is 19.2 Å². The Labute approximate surface area is 212 Å². The van der Waals surface area contributed by atoms with Gasteiger partial charge in [-0.25, -0.2) is 0 Å². The Morgan fingerprint density at radius 3 is 2.19 bits per heavy atom. The van der Waals surface area contributed by atoms with E-state index in [2.05, 4.69) is 15.4 Å². The topological polar surface area (TPSA) is 122 Å². The molecule has 2 heterocycles. The second-order valence-corrected chi connectivity index (χ2v) is 9.25. The normalized spacial score (nSPS) is 14.8. The summed E-state index contributed by atoms with van der Waals surface area (Å²) in [5, 5.41) is 32.4. The van der Waals surface area contributed by atoms with Crippen LogP contribution in [0, 0.1) is 0 Å². The number of nitrogens with zero attached hydrogens (tertiary/aromatic N) is 3. The number of carbonyl (C=O) groups is 1. The molecule has 0 spiro atoms. The highest BCUT2D eigenvalue weighted by Crippen LogP contribution is 2.48. The predicted molar refractivity (Wildman–Crippen MR) is 134 cm³/mol. The first-order chi connectivity index (χ1) is 18.0. The minimum Gasteiger partial charge on any atom is -0.481 e. The molecule has 1 unspecified atom stereocenters. The highest BCUT2D eigenvalue weighted by atomic mass is 16.5. The molecule has 0 aliphatic heterocycles. The summed E-state index contributed by atoms with van der Waals surface area (Å²) < 4.78 is 11.2. The number of benzene rings is 3. The first-order valence-electron chi connectivity index (χ1n) is 12.0. The van der Waals surface area contributed by atoms with Crippen molar-refractivity contribution in [1.29, 1.82) is 0 Å². The molecule has 0 bridgehead atoms. The lowest BCUT2D eigenvalue weighted by Crippen LogP contribution is -2.19. The molecule has 0 saturated heterocycles. The van der Waals surface area contributed by atoms with Crippen molar-refractivity contribution in [2.45, 2.75) is 30.8 Å². The van der Waals surface area contributed by atoms with Crippen LogP contribution in [-0.4, -0.2) is 31.5 Å². The largest absolute Gasteiger partial charge is 0.481 e. The fourth-order valence-corrected chi connectivity index (χ4v) is 4.56. The number of hydrogen-bond donors (Lipinski definition) is 2. The molecule has 0 radical (unpaired) electrons. The van der Waals surface area contributed by atoms with E-state index in [-0.39, 0.29) is 5.89 Å². The van der Waals surface area contributed by atoms with Crippen molar-refractivity contribution in [2.75, 3.05) is 0 Å². The van der Waals surface area contributed by atoms with Crippen LogP contribution in [0.2, 0.25) is 0 Å². The molecule has 8 heteroatoms. The van der Waals surface area contributed by atoms with Gasteiger partial charge in [0.25, 0.3) is 0 Å². The number of aliphatic carboxylic acids is 1. The summed E-state index contributed by atoms with van der Waals surface area (Å²) in [7, 11) is 0. The third-order valence-electron chi connectivity index (χ3n) is 6.88. The van der Waals surface area contributed by atoms with Crippen molar-refractivity contribution < 1.29 is 23.9 Å². The highest BCUT2D eigenvalue weighted by molar-refractivity contribution is 5.85. The minimum atomic E-state index is -1.19. The molecule has 1 fully saturated rings. The van der Waals surface area contributed by atoms with Crippen LogP contribution in [0.3, 0.4) is 0 Å². The van der Waals surface area contributed by atoms with Gasteiger partial charge in [0, 0.05) is 5.56 Å². The van der Waals surface area contributed by atoms with E-state index in [1.807, 2.05) is 78.9 Å². The molecule has 184 valence electrons. The SMILES string of the molecule is O=C(O)C1(c2ccc(-c3ccc(-c4oncc4C(O)c4nnc(Cc5ccccc5)o4)cc3)cc2)CC1. The second-order valence-electron chi connectivity index (χ2n) is 9.25. The Balaban J connectivity index is 1.19. The van der Waals surface area contributed by atoms with Gasteiger partial charge in [-0.05, 0) is 35.1 Å². The Morgan fingerprint density at radius 1 is 0.892 bits per heavy atom. The van der Waals surface area contributed by atoms with E-state index in [9.17, 15) is 15.0 Å². The number of hydrogen-bond acceptors (Lipinski definition) is 7. The quantitative estimate of drug-likeness (QED) is 0.303. The van der Waals surface area contributed by atoms with Crippen molar-refractivity contribution in [1.82, 2.24) is 15.4 Å². The van der Waals surface area contributed by atoms with E-state index >= 15 is 0 Å². The van der Waals surface area contributed by atoms with Gasteiger partial charge >= 0.3 is 5.97 Å². The van der Waals surface area contributed by atoms with Gasteiger partial charge in [-0.2, -0.15) is 0 Å². The molecular formula is C29H23N3O5. The average molecular weight is 494 g/mol. The van der Waals surface area contributed by atoms with Crippen molar-refractivity contribution in [3.8, 4) is 22.5 Å². The first kappa shape index (κ1) is 22.9. The molecule has 8 nitrogen and oxygen atoms in total. The summed E-state index contributed by atoms with van der Waals surface area (Å²) in [6.45, 7) is 0. The third-order valence-corrected chi connectivity index (χ3v) is 6.88. The monoisotopic (exact) mass is 493 g/mol. The maximum Gasteiger partial charge on any atom is 0.314 e. The fraction of sp³-hybridized carbons (Fsp3) is 0.172. The Hall–Kier alpha value is -4.56. The van der Waals surface area contributed by atoms with E-state index in [0.717, 1.165) is 27.8 Å². The molecule has 2 aromatic heterocycles. The van der Waals surface area contributed by atoms with Gasteiger partial charge in [0.2, 0.25) is 11.8 Å². The standard InChI is InChI=1S/C29H23N3O5/c33-25(27-32-31-24(36-27)16-18-4-2-1-3-5-18)23-17-30-37-26(23)21-8-6-19(7-9-21)20-10-12-22(13-11-20)29(14-15-29)28(34)35/h1-13,17,25,33H,14-16H2,(H,34,35). The predicted octanol–water partition coefficient (Wildman–Crippen LogP) is 5.18. The third kappa shape index (κ3) is 4.32. The van der Waals surface area contributed by atoms with Gasteiger partial charge in [-0.1, -0.05) is 84.0 Å². The van der Waals surface area contributed by atoms with Gasteiger partial charge in [0.15, 0.2) is 11.9 Å². The number of aromatic nitrogens is 3. The van der Waals surface area contributed by atoms with Crippen LogP contribution in [0.15, 0.2) is 94.0 Å². The highest BCUT2D eigenvalue weighted by Gasteiger charge is 2.51. The number of aliphatic hydroxyl groups excluding tert-OH is 1. The lowest BCUT2D eigenvalue weighted by molar-refractivity contribution is -0.140. The number of carboxylic acids is 1. The van der Waals surface area contributed by atoms with Crippen LogP contribution in [0.4, 0.5) is 0 Å². The molecule has 2 N–H and O–H groups in total. The summed E-state index contributed by atoms with van der Waals surface area (Å²) in [6.07, 6.45) is 2.09. The van der Waals surface area contributed by atoms with Gasteiger partial charge in [0.05, 0.1) is 23.6 Å². The number of carboxylic acid groups (broad SMARTS) is 1. The van der Waals surface area contributed by atoms with Crippen LogP contribution in [0.25, 0.3) is 22.5 Å². The summed E-state index contributed by atoms with van der Waals surface area (Å²) >= 11 is 0. The van der Waals surface area contributed by atoms with Crippen molar-refractivity contribution >= 4 is 5.97 Å². The lowest BCUT2D eigenvalue weighted by Gasteiger charge is -2.11. The van der Waals surface area contributed by atoms with E-state index in [1.165, 1.54) is 6.20 Å². The summed E-state index contributed by atoms with van der Waals surface area (Å²) in [4.78, 5) is 11.6. The maximum atomic E-state index is 11.6. The van der Waals surface area contributed by atoms with Crippen LogP contribution in [0.1, 0.15) is 47.4 Å². The zero-order valence-electron chi connectivity index (χ0n) is 19.7. The van der Waals surface area contributed by atoms with Gasteiger partial charge in [0.1, 0.15) is 0 Å². The van der Waals surface area contributed by atoms with Crippen LogP contribution in [0.5, 0.6) is 0 Å². The molecule has 0 amide bonds. The first-order valence-corrected chi connectivity index (χ1v) is 12.0. The second kappa shape index (κ2) is 9.15. The van der Waals surface area contributed by atoms with Crippen LogP contribution in [-0.2, 0) is 16.6 Å². The molecule has 1 aliphatic rings. The van der Waals surface area contributed by atoms with Crippen molar-refractivity contribution in [3.63, 3.8) is 0 Å². The van der Waals surface area contributed by atoms with Crippen molar-refractivity contribution in [2.24, 2.45) is 0 Å². The van der Waals surface area contributed by atoms with Gasteiger partial charge in [-0.3, -0.25) is 4.79 Å². The van der Waals surface area contributed by atoms with E-state index in [0.29, 0.717) is 36.5 Å². The lowest BCUT2D eigenvalue weighted by atomic mass is 9.93. The average Bonchev–Trinajstić information content (AvgIpc) is 3.38. The molecule has 5 aromatic rings. The molecule has 1 saturated carbocycles. The van der Waals surface area contributed by atoms with Crippen LogP contribution >= 0.6 is 0 Å². The number of aliphatic hydroxyl groups is 1. The zero-order valence-corrected chi connectivity index (χ0v) is 19.7. The minimum absolute atomic E-state index is 0.0712. The summed E-state index contributed by atoms with van der Waals surface area (Å²) in [5.41, 5.74) is 4.27. The molecule has 1 aliphatic carbocycles. The fourth-order valence-electron chi connectivity index (χ4n) is 4.56. The maximum absolute atomic E-state index is 11.6. The van der Waals surface area contributed by atoms with E-state index < -0.39 is 17.5 Å².